The molecule has 0 saturated heterocycles. The van der Waals surface area contributed by atoms with E-state index < -0.39 is 0 Å². The van der Waals surface area contributed by atoms with E-state index >= 15 is 0 Å². The molecule has 4 aromatic rings. The summed E-state index contributed by atoms with van der Waals surface area (Å²) < 4.78 is 0. The molecule has 136 valence electrons. The van der Waals surface area contributed by atoms with Crippen LogP contribution in [0.5, 0.6) is 11.5 Å². The highest BCUT2D eigenvalue weighted by Gasteiger charge is 2.20. The van der Waals surface area contributed by atoms with E-state index in [2.05, 4.69) is 0 Å². The summed E-state index contributed by atoms with van der Waals surface area (Å²) in [5, 5.41) is 21.0. The number of hydrogen-bond donors (Lipinski definition) is 2. The molecule has 0 spiro atoms. The van der Waals surface area contributed by atoms with E-state index in [1.165, 1.54) is 0 Å². The quantitative estimate of drug-likeness (QED) is 0.458. The second kappa shape index (κ2) is 7.41. The van der Waals surface area contributed by atoms with Gasteiger partial charge in [0.2, 0.25) is 0 Å². The van der Waals surface area contributed by atoms with Gasteiger partial charge in [0.25, 0.3) is 0 Å². The fraction of sp³-hybridized carbons (Fsp3) is 0. The van der Waals surface area contributed by atoms with E-state index in [-0.39, 0.29) is 17.3 Å². The van der Waals surface area contributed by atoms with E-state index in [4.69, 9.17) is 0 Å². The highest BCUT2D eigenvalue weighted by molar-refractivity contribution is 6.14. The van der Waals surface area contributed by atoms with Gasteiger partial charge in [-0.05, 0) is 23.3 Å². The molecule has 0 aliphatic rings. The summed E-state index contributed by atoms with van der Waals surface area (Å²) in [6.07, 6.45) is 0. The number of para-hydroxylation sites is 1. The van der Waals surface area contributed by atoms with Crippen molar-refractivity contribution in [1.29, 1.82) is 0 Å². The number of hydrogen-bond acceptors (Lipinski definition) is 3. The van der Waals surface area contributed by atoms with Crippen LogP contribution in [0.4, 0.5) is 0 Å². The Labute approximate surface area is 163 Å². The summed E-state index contributed by atoms with van der Waals surface area (Å²) >= 11 is 0. The van der Waals surface area contributed by atoms with E-state index in [9.17, 15) is 15.0 Å². The minimum absolute atomic E-state index is 0.0182. The zero-order valence-electron chi connectivity index (χ0n) is 15.0. The van der Waals surface area contributed by atoms with Crippen LogP contribution in [0.2, 0.25) is 0 Å². The average molecular weight is 366 g/mol. The third-order valence-corrected chi connectivity index (χ3v) is 4.71. The number of benzene rings is 4. The molecule has 0 unspecified atom stereocenters. The molecule has 3 heteroatoms. The SMILES string of the molecule is O=C(c1ccccc1)c1cccc(O)c1-c1ccccc1-c1ccccc1O. The monoisotopic (exact) mass is 366 g/mol. The Morgan fingerprint density at radius 1 is 0.536 bits per heavy atom. The van der Waals surface area contributed by atoms with E-state index in [0.29, 0.717) is 27.8 Å². The van der Waals surface area contributed by atoms with Crippen LogP contribution in [0.1, 0.15) is 15.9 Å². The van der Waals surface area contributed by atoms with E-state index in [0.717, 1.165) is 5.56 Å². The van der Waals surface area contributed by atoms with Crippen molar-refractivity contribution in [2.45, 2.75) is 0 Å². The number of phenolic OH excluding ortho intramolecular Hbond substituents is 2. The minimum atomic E-state index is -0.168. The Kier molecular flexibility index (Phi) is 4.65. The van der Waals surface area contributed by atoms with Gasteiger partial charge in [-0.2, -0.15) is 0 Å². The van der Waals surface area contributed by atoms with Crippen LogP contribution in [0.25, 0.3) is 22.3 Å². The normalized spacial score (nSPS) is 10.6. The molecular weight excluding hydrogens is 348 g/mol. The summed E-state index contributed by atoms with van der Waals surface area (Å²) in [4.78, 5) is 13.1. The minimum Gasteiger partial charge on any atom is -0.507 e. The molecule has 0 radical (unpaired) electrons. The van der Waals surface area contributed by atoms with Gasteiger partial charge >= 0.3 is 0 Å². The van der Waals surface area contributed by atoms with Crippen LogP contribution < -0.4 is 0 Å². The van der Waals surface area contributed by atoms with Crippen molar-refractivity contribution >= 4 is 5.78 Å². The first-order valence-electron chi connectivity index (χ1n) is 8.96. The number of phenols is 2. The molecule has 4 rings (SSSR count). The summed E-state index contributed by atoms with van der Waals surface area (Å²) in [7, 11) is 0. The predicted octanol–water partition coefficient (Wildman–Crippen LogP) is 5.66. The highest BCUT2D eigenvalue weighted by Crippen LogP contribution is 2.41. The van der Waals surface area contributed by atoms with Crippen LogP contribution in [-0.4, -0.2) is 16.0 Å². The lowest BCUT2D eigenvalue weighted by molar-refractivity contribution is 0.103. The Morgan fingerprint density at radius 2 is 1.11 bits per heavy atom. The first-order chi connectivity index (χ1) is 13.7. The molecule has 0 heterocycles. The van der Waals surface area contributed by atoms with Gasteiger partial charge in [0, 0.05) is 22.3 Å². The number of ketones is 1. The summed E-state index contributed by atoms with van der Waals surface area (Å²) in [5.41, 5.74) is 3.48. The number of rotatable bonds is 4. The van der Waals surface area contributed by atoms with Gasteiger partial charge in [-0.15, -0.1) is 0 Å². The first-order valence-corrected chi connectivity index (χ1v) is 8.96. The van der Waals surface area contributed by atoms with Gasteiger partial charge in [0.1, 0.15) is 11.5 Å². The van der Waals surface area contributed by atoms with Crippen molar-refractivity contribution in [1.82, 2.24) is 0 Å². The molecule has 0 atom stereocenters. The summed E-state index contributed by atoms with van der Waals surface area (Å²) in [6, 6.07) is 28.4. The average Bonchev–Trinajstić information content (AvgIpc) is 2.74. The van der Waals surface area contributed by atoms with Crippen LogP contribution in [0, 0.1) is 0 Å². The Hall–Kier alpha value is -3.85. The molecule has 0 bridgehead atoms. The Balaban J connectivity index is 1.95. The van der Waals surface area contributed by atoms with Crippen LogP contribution in [0.15, 0.2) is 97.1 Å². The number of carbonyl (C=O) groups excluding carboxylic acids is 1. The van der Waals surface area contributed by atoms with Gasteiger partial charge in [0.15, 0.2) is 5.78 Å². The van der Waals surface area contributed by atoms with E-state index in [1.54, 1.807) is 42.5 Å². The van der Waals surface area contributed by atoms with Crippen molar-refractivity contribution < 1.29 is 15.0 Å². The van der Waals surface area contributed by atoms with Gasteiger partial charge in [-0.3, -0.25) is 4.79 Å². The lowest BCUT2D eigenvalue weighted by atomic mass is 9.88. The maximum absolute atomic E-state index is 13.1. The topological polar surface area (TPSA) is 57.5 Å². The summed E-state index contributed by atoms with van der Waals surface area (Å²) in [6.45, 7) is 0. The molecule has 0 fully saturated rings. The largest absolute Gasteiger partial charge is 0.507 e. The third-order valence-electron chi connectivity index (χ3n) is 4.71. The van der Waals surface area contributed by atoms with Crippen molar-refractivity contribution in [3.05, 3.63) is 108 Å². The molecule has 28 heavy (non-hydrogen) atoms. The van der Waals surface area contributed by atoms with Gasteiger partial charge in [0.05, 0.1) is 0 Å². The zero-order valence-corrected chi connectivity index (χ0v) is 15.0. The van der Waals surface area contributed by atoms with Crippen molar-refractivity contribution in [3.63, 3.8) is 0 Å². The Morgan fingerprint density at radius 3 is 1.82 bits per heavy atom. The maximum Gasteiger partial charge on any atom is 0.193 e. The van der Waals surface area contributed by atoms with Crippen LogP contribution in [0.3, 0.4) is 0 Å². The van der Waals surface area contributed by atoms with Crippen molar-refractivity contribution in [2.24, 2.45) is 0 Å². The molecule has 0 aliphatic heterocycles. The number of carbonyl (C=O) groups is 1. The Bertz CT molecular complexity index is 1150. The lowest BCUT2D eigenvalue weighted by Crippen LogP contribution is -2.04. The lowest BCUT2D eigenvalue weighted by Gasteiger charge is -2.16. The second-order valence-corrected chi connectivity index (χ2v) is 6.46. The fourth-order valence-electron chi connectivity index (χ4n) is 3.39. The van der Waals surface area contributed by atoms with Gasteiger partial charge in [-0.1, -0.05) is 84.9 Å². The first kappa shape index (κ1) is 17.6. The molecule has 3 nitrogen and oxygen atoms in total. The highest BCUT2D eigenvalue weighted by atomic mass is 16.3. The summed E-state index contributed by atoms with van der Waals surface area (Å²) in [5.74, 6) is -0.00968. The molecule has 0 saturated carbocycles. The molecule has 2 N–H and O–H groups in total. The van der Waals surface area contributed by atoms with Crippen molar-refractivity contribution in [3.8, 4) is 33.8 Å². The van der Waals surface area contributed by atoms with Gasteiger partial charge in [-0.25, -0.2) is 0 Å². The molecule has 0 aliphatic carbocycles. The maximum atomic E-state index is 13.1. The molecule has 4 aromatic carbocycles. The second-order valence-electron chi connectivity index (χ2n) is 6.46. The standard InChI is InChI=1S/C25H18O3/c26-22-15-7-6-12-19(22)18-11-4-5-13-20(18)24-21(14-8-16-23(24)27)25(28)17-9-2-1-3-10-17/h1-16,26-27H. The predicted molar refractivity (Wildman–Crippen MR) is 111 cm³/mol. The van der Waals surface area contributed by atoms with Crippen LogP contribution >= 0.6 is 0 Å². The third kappa shape index (κ3) is 3.14. The molecule has 0 amide bonds. The molecular formula is C25H18O3. The molecule has 0 aromatic heterocycles. The fourth-order valence-corrected chi connectivity index (χ4v) is 3.39. The van der Waals surface area contributed by atoms with Crippen LogP contribution in [-0.2, 0) is 0 Å². The van der Waals surface area contributed by atoms with E-state index in [1.807, 2.05) is 54.6 Å². The number of aromatic hydroxyl groups is 2. The van der Waals surface area contributed by atoms with Crippen molar-refractivity contribution in [2.75, 3.05) is 0 Å². The van der Waals surface area contributed by atoms with Gasteiger partial charge < -0.3 is 10.2 Å². The zero-order chi connectivity index (χ0) is 19.5. The smallest absolute Gasteiger partial charge is 0.193 e.